The van der Waals surface area contributed by atoms with E-state index in [1.54, 1.807) is 24.3 Å². The molecule has 3 aromatic carbocycles. The van der Waals surface area contributed by atoms with Crippen LogP contribution in [0.3, 0.4) is 0 Å². The molecule has 0 aromatic heterocycles. The number of hydrazone groups is 1. The highest BCUT2D eigenvalue weighted by molar-refractivity contribution is 7.87. The monoisotopic (exact) mass is 502 g/mol. The fraction of sp³-hybridized carbons (Fsp3) is 0.167. The number of aryl methyl sites for hydroxylation is 1. The summed E-state index contributed by atoms with van der Waals surface area (Å²) < 4.78 is 41.3. The zero-order chi connectivity index (χ0) is 24.7. The first-order valence-electron chi connectivity index (χ1n) is 10.2. The number of carbonyl (C=O) groups excluding carboxylic acids is 1. The quantitative estimate of drug-likeness (QED) is 0.261. The van der Waals surface area contributed by atoms with Crippen LogP contribution < -0.4 is 19.1 Å². The Morgan fingerprint density at radius 1 is 1.03 bits per heavy atom. The van der Waals surface area contributed by atoms with Gasteiger partial charge in [0.2, 0.25) is 0 Å². The molecule has 0 aliphatic rings. The summed E-state index contributed by atoms with van der Waals surface area (Å²) >= 11 is 6.06. The van der Waals surface area contributed by atoms with Gasteiger partial charge in [0, 0.05) is 16.1 Å². The number of nitrogens with zero attached hydrogens (tertiary/aromatic N) is 1. The van der Waals surface area contributed by atoms with E-state index in [-0.39, 0.29) is 16.2 Å². The maximum atomic E-state index is 12.7. The molecule has 1 N–H and O–H groups in total. The molecular formula is C24H23ClN2O6S. The molecule has 0 saturated carbocycles. The number of methoxy groups -OCH3 is 1. The number of hydrogen-bond acceptors (Lipinski definition) is 7. The molecule has 0 radical (unpaired) electrons. The topological polar surface area (TPSA) is 103 Å². The van der Waals surface area contributed by atoms with Crippen LogP contribution in [0.15, 0.2) is 70.7 Å². The van der Waals surface area contributed by atoms with Gasteiger partial charge in [-0.25, -0.2) is 5.43 Å². The molecule has 3 aromatic rings. The van der Waals surface area contributed by atoms with Crippen molar-refractivity contribution in [2.75, 3.05) is 13.7 Å². The van der Waals surface area contributed by atoms with Crippen molar-refractivity contribution in [1.82, 2.24) is 5.43 Å². The van der Waals surface area contributed by atoms with Crippen LogP contribution in [0.2, 0.25) is 5.02 Å². The van der Waals surface area contributed by atoms with Crippen molar-refractivity contribution in [2.45, 2.75) is 18.7 Å². The highest BCUT2D eigenvalue weighted by Crippen LogP contribution is 2.28. The standard InChI is InChI=1S/C24H23ClN2O6S/c1-4-32-23-14-17(7-11-22(23)31-3)24(28)27-26-15-18-13-19(25)8-12-21(18)33-34(29,30)20-9-5-16(2)6-10-20/h5-15H,4H2,1-3H3,(H,27,28)/b26-15+. The summed E-state index contributed by atoms with van der Waals surface area (Å²) in [4.78, 5) is 12.5. The van der Waals surface area contributed by atoms with Gasteiger partial charge in [0.05, 0.1) is 19.9 Å². The van der Waals surface area contributed by atoms with Crippen LogP contribution in [0.1, 0.15) is 28.4 Å². The number of hydrogen-bond donors (Lipinski definition) is 1. The van der Waals surface area contributed by atoms with Crippen LogP contribution in [-0.2, 0) is 10.1 Å². The molecule has 8 nitrogen and oxygen atoms in total. The van der Waals surface area contributed by atoms with E-state index < -0.39 is 16.0 Å². The second-order valence-electron chi connectivity index (χ2n) is 7.03. The van der Waals surface area contributed by atoms with Gasteiger partial charge in [-0.1, -0.05) is 29.3 Å². The first-order valence-corrected chi connectivity index (χ1v) is 12.0. The molecule has 34 heavy (non-hydrogen) atoms. The van der Waals surface area contributed by atoms with Crippen molar-refractivity contribution >= 4 is 33.8 Å². The molecule has 0 heterocycles. The molecule has 0 unspecified atom stereocenters. The van der Waals surface area contributed by atoms with Crippen molar-refractivity contribution in [3.63, 3.8) is 0 Å². The molecule has 0 aliphatic heterocycles. The number of amides is 1. The normalized spacial score (nSPS) is 11.3. The minimum Gasteiger partial charge on any atom is -0.493 e. The number of nitrogens with one attached hydrogen (secondary N) is 1. The van der Waals surface area contributed by atoms with Gasteiger partial charge in [-0.15, -0.1) is 0 Å². The Hall–Kier alpha value is -3.56. The molecule has 0 spiro atoms. The minimum absolute atomic E-state index is 0.00561. The molecule has 0 fully saturated rings. The lowest BCUT2D eigenvalue weighted by atomic mass is 10.2. The Balaban J connectivity index is 1.79. The summed E-state index contributed by atoms with van der Waals surface area (Å²) in [5.74, 6) is 0.425. The number of ether oxygens (including phenoxy) is 2. The molecule has 10 heteroatoms. The summed E-state index contributed by atoms with van der Waals surface area (Å²) in [6, 6.07) is 15.3. The van der Waals surface area contributed by atoms with Crippen LogP contribution in [0.4, 0.5) is 0 Å². The molecule has 0 bridgehead atoms. The van der Waals surface area contributed by atoms with E-state index in [1.807, 2.05) is 13.8 Å². The lowest BCUT2D eigenvalue weighted by molar-refractivity contribution is 0.0954. The molecule has 0 saturated heterocycles. The first-order chi connectivity index (χ1) is 16.2. The summed E-state index contributed by atoms with van der Waals surface area (Å²) in [5, 5.41) is 4.26. The smallest absolute Gasteiger partial charge is 0.339 e. The van der Waals surface area contributed by atoms with Crippen LogP contribution in [0, 0.1) is 6.92 Å². The Bertz CT molecular complexity index is 1310. The fourth-order valence-corrected chi connectivity index (χ4v) is 4.01. The average Bonchev–Trinajstić information content (AvgIpc) is 2.81. The molecule has 178 valence electrons. The lowest BCUT2D eigenvalue weighted by Gasteiger charge is -2.11. The maximum absolute atomic E-state index is 12.7. The Morgan fingerprint density at radius 3 is 2.41 bits per heavy atom. The van der Waals surface area contributed by atoms with Crippen molar-refractivity contribution < 1.29 is 26.9 Å². The van der Waals surface area contributed by atoms with Gasteiger partial charge in [0.25, 0.3) is 5.91 Å². The van der Waals surface area contributed by atoms with Gasteiger partial charge in [-0.05, 0) is 62.4 Å². The number of halogens is 1. The fourth-order valence-electron chi connectivity index (χ4n) is 2.88. The van der Waals surface area contributed by atoms with E-state index in [1.165, 1.54) is 49.7 Å². The SMILES string of the molecule is CCOc1cc(C(=O)N/N=C/c2cc(Cl)ccc2OS(=O)(=O)c2ccc(C)cc2)ccc1OC. The van der Waals surface area contributed by atoms with Gasteiger partial charge in [0.15, 0.2) is 17.2 Å². The highest BCUT2D eigenvalue weighted by atomic mass is 35.5. The summed E-state index contributed by atoms with van der Waals surface area (Å²) in [5.41, 5.74) is 3.86. The molecular weight excluding hydrogens is 480 g/mol. The average molecular weight is 503 g/mol. The largest absolute Gasteiger partial charge is 0.493 e. The number of carbonyl (C=O) groups is 1. The second kappa shape index (κ2) is 11.0. The van der Waals surface area contributed by atoms with Crippen LogP contribution in [0.25, 0.3) is 0 Å². The summed E-state index contributed by atoms with van der Waals surface area (Å²) in [7, 11) is -2.58. The zero-order valence-corrected chi connectivity index (χ0v) is 20.3. The van der Waals surface area contributed by atoms with Crippen molar-refractivity contribution in [3.8, 4) is 17.2 Å². The van der Waals surface area contributed by atoms with E-state index in [2.05, 4.69) is 10.5 Å². The van der Waals surface area contributed by atoms with Crippen LogP contribution in [0.5, 0.6) is 17.2 Å². The lowest BCUT2D eigenvalue weighted by Crippen LogP contribution is -2.18. The number of rotatable bonds is 9. The molecule has 3 rings (SSSR count). The van der Waals surface area contributed by atoms with Gasteiger partial charge in [-0.2, -0.15) is 13.5 Å². The van der Waals surface area contributed by atoms with Crippen LogP contribution in [-0.4, -0.2) is 34.3 Å². The highest BCUT2D eigenvalue weighted by Gasteiger charge is 2.18. The third-order valence-corrected chi connectivity index (χ3v) is 6.06. The number of benzene rings is 3. The Morgan fingerprint density at radius 2 is 1.74 bits per heavy atom. The van der Waals surface area contributed by atoms with Crippen molar-refractivity contribution in [1.29, 1.82) is 0 Å². The van der Waals surface area contributed by atoms with E-state index in [0.717, 1.165) is 5.56 Å². The Labute approximate surface area is 203 Å². The van der Waals surface area contributed by atoms with Gasteiger partial charge in [-0.3, -0.25) is 4.79 Å². The van der Waals surface area contributed by atoms with Crippen LogP contribution >= 0.6 is 11.6 Å². The molecule has 0 atom stereocenters. The maximum Gasteiger partial charge on any atom is 0.339 e. The zero-order valence-electron chi connectivity index (χ0n) is 18.7. The van der Waals surface area contributed by atoms with Gasteiger partial charge < -0.3 is 13.7 Å². The second-order valence-corrected chi connectivity index (χ2v) is 9.01. The minimum atomic E-state index is -4.08. The molecule has 0 aliphatic carbocycles. The van der Waals surface area contributed by atoms with E-state index in [4.69, 9.17) is 25.3 Å². The van der Waals surface area contributed by atoms with E-state index >= 15 is 0 Å². The third kappa shape index (κ3) is 6.27. The first kappa shape index (κ1) is 25.1. The van der Waals surface area contributed by atoms with Crippen molar-refractivity contribution in [3.05, 3.63) is 82.4 Å². The summed E-state index contributed by atoms with van der Waals surface area (Å²) in [6.07, 6.45) is 1.25. The van der Waals surface area contributed by atoms with Crippen molar-refractivity contribution in [2.24, 2.45) is 5.10 Å². The third-order valence-electron chi connectivity index (χ3n) is 4.58. The Kier molecular flexibility index (Phi) is 8.14. The molecule has 1 amide bonds. The predicted molar refractivity (Wildman–Crippen MR) is 130 cm³/mol. The van der Waals surface area contributed by atoms with Gasteiger partial charge in [0.1, 0.15) is 4.90 Å². The van der Waals surface area contributed by atoms with E-state index in [0.29, 0.717) is 28.7 Å². The predicted octanol–water partition coefficient (Wildman–Crippen LogP) is 4.59. The van der Waals surface area contributed by atoms with E-state index in [9.17, 15) is 13.2 Å². The van der Waals surface area contributed by atoms with Gasteiger partial charge >= 0.3 is 10.1 Å². The summed E-state index contributed by atoms with van der Waals surface area (Å²) in [6.45, 7) is 4.08.